The molecule has 162 valence electrons. The van der Waals surface area contributed by atoms with Crippen molar-refractivity contribution in [2.24, 2.45) is 0 Å². The van der Waals surface area contributed by atoms with Crippen LogP contribution >= 0.6 is 23.1 Å². The van der Waals surface area contributed by atoms with Gasteiger partial charge in [-0.05, 0) is 36.1 Å². The fourth-order valence-electron chi connectivity index (χ4n) is 3.61. The highest BCUT2D eigenvalue weighted by Crippen LogP contribution is 2.37. The maximum absolute atomic E-state index is 13.0. The van der Waals surface area contributed by atoms with Gasteiger partial charge in [-0.25, -0.2) is 4.98 Å². The van der Waals surface area contributed by atoms with E-state index in [-0.39, 0.29) is 11.0 Å². The number of thioether (sulfide) groups is 1. The largest absolute Gasteiger partial charge is 0.303 e. The number of aromatic amines is 1. The normalized spacial score (nSPS) is 12.2. The minimum atomic E-state index is -0.0313. The molecular weight excluding hydrogens is 410 g/mol. The van der Waals surface area contributed by atoms with Gasteiger partial charge in [-0.1, -0.05) is 77.6 Å². The predicted molar refractivity (Wildman–Crippen MR) is 132 cm³/mol. The quantitative estimate of drug-likeness (QED) is 0.345. The van der Waals surface area contributed by atoms with Gasteiger partial charge in [-0.2, -0.15) is 0 Å². The van der Waals surface area contributed by atoms with Crippen LogP contribution in [-0.4, -0.2) is 40.3 Å². The first-order valence-electron chi connectivity index (χ1n) is 10.8. The Balaban J connectivity index is 1.95. The fraction of sp³-hybridized carbons (Fsp3) is 0.500. The Hall–Kier alpha value is -1.63. The van der Waals surface area contributed by atoms with Crippen molar-refractivity contribution >= 4 is 33.3 Å². The summed E-state index contributed by atoms with van der Waals surface area (Å²) in [5.74, 6) is 0.920. The third-order valence-electron chi connectivity index (χ3n) is 5.51. The Morgan fingerprint density at radius 1 is 1.10 bits per heavy atom. The zero-order chi connectivity index (χ0) is 21.9. The molecule has 6 heteroatoms. The number of hydrogen-bond acceptors (Lipinski definition) is 5. The molecule has 3 aromatic rings. The van der Waals surface area contributed by atoms with E-state index in [1.807, 2.05) is 0 Å². The lowest BCUT2D eigenvalue weighted by molar-refractivity contribution is 0.324. The smallest absolute Gasteiger partial charge is 0.260 e. The highest BCUT2D eigenvalue weighted by molar-refractivity contribution is 7.99. The summed E-state index contributed by atoms with van der Waals surface area (Å²) in [5.41, 5.74) is 3.52. The molecule has 2 aromatic heterocycles. The number of aryl methyl sites for hydroxylation is 1. The topological polar surface area (TPSA) is 49.0 Å². The van der Waals surface area contributed by atoms with Crippen molar-refractivity contribution in [3.05, 3.63) is 45.1 Å². The zero-order valence-corrected chi connectivity index (χ0v) is 20.6. The number of aromatic nitrogens is 2. The van der Waals surface area contributed by atoms with Crippen molar-refractivity contribution in [1.29, 1.82) is 0 Å². The highest BCUT2D eigenvalue weighted by Gasteiger charge is 2.19. The number of nitrogens with one attached hydrogen (secondary N) is 1. The van der Waals surface area contributed by atoms with E-state index in [1.54, 1.807) is 23.1 Å². The summed E-state index contributed by atoms with van der Waals surface area (Å²) < 4.78 is 0. The SMILES string of the molecule is CCc1sc2nc(SCCN(CC)CC)[nH]c(=O)c2c1-c1ccc(C(C)(C)C)cc1. The summed E-state index contributed by atoms with van der Waals surface area (Å²) in [6.45, 7) is 16.2. The highest BCUT2D eigenvalue weighted by atomic mass is 32.2. The predicted octanol–water partition coefficient (Wildman–Crippen LogP) is 5.95. The van der Waals surface area contributed by atoms with E-state index in [1.165, 1.54) is 10.4 Å². The molecule has 3 rings (SSSR count). The number of fused-ring (bicyclic) bond motifs is 1. The van der Waals surface area contributed by atoms with Gasteiger partial charge in [0.05, 0.1) is 5.39 Å². The van der Waals surface area contributed by atoms with E-state index < -0.39 is 0 Å². The van der Waals surface area contributed by atoms with Crippen molar-refractivity contribution < 1.29 is 0 Å². The average Bonchev–Trinajstić information content (AvgIpc) is 3.10. The summed E-state index contributed by atoms with van der Waals surface area (Å²) in [4.78, 5) is 25.3. The van der Waals surface area contributed by atoms with Crippen LogP contribution < -0.4 is 5.56 Å². The van der Waals surface area contributed by atoms with Crippen LogP contribution in [0.15, 0.2) is 34.2 Å². The minimum Gasteiger partial charge on any atom is -0.303 e. The number of hydrogen-bond donors (Lipinski definition) is 1. The summed E-state index contributed by atoms with van der Waals surface area (Å²) in [5, 5.41) is 1.45. The Morgan fingerprint density at radius 3 is 2.33 bits per heavy atom. The van der Waals surface area contributed by atoms with Gasteiger partial charge in [-0.15, -0.1) is 11.3 Å². The lowest BCUT2D eigenvalue weighted by Gasteiger charge is -2.19. The van der Waals surface area contributed by atoms with Gasteiger partial charge in [-0.3, -0.25) is 4.79 Å². The van der Waals surface area contributed by atoms with Crippen molar-refractivity contribution in [2.45, 2.75) is 58.5 Å². The third kappa shape index (κ3) is 4.98. The summed E-state index contributed by atoms with van der Waals surface area (Å²) in [6.07, 6.45) is 0.890. The molecule has 1 N–H and O–H groups in total. The number of nitrogens with zero attached hydrogens (tertiary/aromatic N) is 2. The molecule has 0 bridgehead atoms. The maximum Gasteiger partial charge on any atom is 0.260 e. The van der Waals surface area contributed by atoms with Crippen molar-refractivity contribution in [2.75, 3.05) is 25.4 Å². The molecule has 0 aliphatic carbocycles. The van der Waals surface area contributed by atoms with Crippen LogP contribution in [0.1, 0.15) is 52.0 Å². The van der Waals surface area contributed by atoms with Crippen molar-refractivity contribution in [3.63, 3.8) is 0 Å². The van der Waals surface area contributed by atoms with Crippen LogP contribution in [0.2, 0.25) is 0 Å². The summed E-state index contributed by atoms with van der Waals surface area (Å²) in [6, 6.07) is 8.65. The van der Waals surface area contributed by atoms with Crippen LogP contribution in [0.5, 0.6) is 0 Å². The molecule has 0 saturated heterocycles. The monoisotopic (exact) mass is 443 g/mol. The zero-order valence-electron chi connectivity index (χ0n) is 19.0. The Bertz CT molecular complexity index is 1040. The number of thiophene rings is 1. The summed E-state index contributed by atoms with van der Waals surface area (Å²) in [7, 11) is 0. The van der Waals surface area contributed by atoms with Gasteiger partial charge in [0.25, 0.3) is 5.56 Å². The second-order valence-corrected chi connectivity index (χ2v) is 10.7. The van der Waals surface area contributed by atoms with Gasteiger partial charge < -0.3 is 9.88 Å². The first kappa shape index (κ1) is 23.0. The molecular formula is C24H33N3OS2. The number of H-pyrrole nitrogens is 1. The minimum absolute atomic E-state index is 0.0313. The van der Waals surface area contributed by atoms with E-state index >= 15 is 0 Å². The molecule has 0 saturated carbocycles. The van der Waals surface area contributed by atoms with Gasteiger partial charge in [0.15, 0.2) is 5.16 Å². The van der Waals surface area contributed by atoms with Crippen molar-refractivity contribution in [3.8, 4) is 11.1 Å². The maximum atomic E-state index is 13.0. The number of benzene rings is 1. The molecule has 4 nitrogen and oxygen atoms in total. The van der Waals surface area contributed by atoms with E-state index in [4.69, 9.17) is 4.98 Å². The van der Waals surface area contributed by atoms with Crippen LogP contribution in [0.25, 0.3) is 21.3 Å². The molecule has 0 radical (unpaired) electrons. The lowest BCUT2D eigenvalue weighted by atomic mass is 9.86. The van der Waals surface area contributed by atoms with Crippen LogP contribution in [0.3, 0.4) is 0 Å². The third-order valence-corrected chi connectivity index (χ3v) is 7.60. The Kier molecular flexibility index (Phi) is 7.43. The molecule has 0 aliphatic heterocycles. The molecule has 1 aromatic carbocycles. The van der Waals surface area contributed by atoms with Gasteiger partial charge in [0, 0.05) is 22.7 Å². The van der Waals surface area contributed by atoms with E-state index in [9.17, 15) is 4.79 Å². The first-order valence-corrected chi connectivity index (χ1v) is 12.6. The van der Waals surface area contributed by atoms with E-state index in [0.717, 1.165) is 58.3 Å². The van der Waals surface area contributed by atoms with Crippen molar-refractivity contribution in [1.82, 2.24) is 14.9 Å². The van der Waals surface area contributed by atoms with E-state index in [2.05, 4.69) is 75.7 Å². The van der Waals surface area contributed by atoms with Gasteiger partial charge in [0.1, 0.15) is 4.83 Å². The van der Waals surface area contributed by atoms with Crippen LogP contribution in [-0.2, 0) is 11.8 Å². The van der Waals surface area contributed by atoms with Gasteiger partial charge in [0.2, 0.25) is 0 Å². The lowest BCUT2D eigenvalue weighted by Crippen LogP contribution is -2.25. The second-order valence-electron chi connectivity index (χ2n) is 8.51. The molecule has 0 unspecified atom stereocenters. The van der Waals surface area contributed by atoms with Gasteiger partial charge >= 0.3 is 0 Å². The van der Waals surface area contributed by atoms with E-state index in [0.29, 0.717) is 0 Å². The second kappa shape index (κ2) is 9.67. The summed E-state index contributed by atoms with van der Waals surface area (Å²) >= 11 is 3.28. The Labute approximate surface area is 188 Å². The standard InChI is InChI=1S/C24H33N3OS2/c1-7-18-19(16-10-12-17(13-11-16)24(4,5)6)20-21(28)25-23(26-22(20)30-18)29-15-14-27(8-2)9-3/h10-13H,7-9,14-15H2,1-6H3,(H,25,26,28). The average molecular weight is 444 g/mol. The molecule has 0 spiro atoms. The van der Waals surface area contributed by atoms with Crippen LogP contribution in [0.4, 0.5) is 0 Å². The fourth-order valence-corrected chi connectivity index (χ4v) is 5.66. The molecule has 30 heavy (non-hydrogen) atoms. The molecule has 0 fully saturated rings. The van der Waals surface area contributed by atoms with Crippen LogP contribution in [0, 0.1) is 0 Å². The molecule has 0 amide bonds. The first-order chi connectivity index (χ1) is 14.3. The number of rotatable bonds is 8. The molecule has 2 heterocycles. The molecule has 0 atom stereocenters. The molecule has 0 aliphatic rings. The Morgan fingerprint density at radius 2 is 1.77 bits per heavy atom.